The van der Waals surface area contributed by atoms with Crippen LogP contribution in [0.25, 0.3) is 0 Å². The second-order valence-electron chi connectivity index (χ2n) is 24.3. The van der Waals surface area contributed by atoms with Crippen LogP contribution in [0.3, 0.4) is 0 Å². The van der Waals surface area contributed by atoms with Gasteiger partial charge in [-0.25, -0.2) is 4.57 Å². The van der Waals surface area contributed by atoms with Gasteiger partial charge in [-0.1, -0.05) is 277 Å². The molecular weight excluding hydrogens is 1070 g/mol. The second kappa shape index (κ2) is 63.4. The van der Waals surface area contributed by atoms with Gasteiger partial charge in [0.25, 0.3) is 0 Å². The van der Waals surface area contributed by atoms with E-state index in [9.17, 15) is 19.0 Å². The van der Waals surface area contributed by atoms with Crippen LogP contribution in [-0.2, 0) is 27.9 Å². The minimum Gasteiger partial charge on any atom is -0.456 e. The third kappa shape index (κ3) is 64.7. The van der Waals surface area contributed by atoms with Crippen molar-refractivity contribution >= 4 is 19.7 Å². The molecule has 0 radical (unpaired) electrons. The Bertz CT molecular complexity index is 1870. The first-order valence-corrected chi connectivity index (χ1v) is 36.4. The lowest BCUT2D eigenvalue weighted by Gasteiger charge is -2.27. The van der Waals surface area contributed by atoms with E-state index in [0.29, 0.717) is 17.4 Å². The van der Waals surface area contributed by atoms with E-state index in [4.69, 9.17) is 13.8 Å². The Kier molecular flexibility index (Phi) is 60.8. The number of unbranched alkanes of at least 4 members (excludes halogenated alkanes) is 28. The number of nitrogens with zero attached hydrogens (tertiary/aromatic N) is 1. The molecule has 488 valence electrons. The number of esters is 1. The van der Waals surface area contributed by atoms with Crippen molar-refractivity contribution in [1.29, 1.82) is 0 Å². The molecule has 2 N–H and O–H groups in total. The number of hydrogen-bond donors (Lipinski definition) is 2. The zero-order chi connectivity index (χ0) is 62.1. The Morgan fingerprint density at radius 3 is 1.15 bits per heavy atom. The number of hydrogen-bond acceptors (Lipinski definition) is 6. The highest BCUT2D eigenvalue weighted by Crippen LogP contribution is 2.43. The van der Waals surface area contributed by atoms with E-state index in [0.717, 1.165) is 135 Å². The van der Waals surface area contributed by atoms with E-state index in [1.54, 1.807) is 0 Å². The van der Waals surface area contributed by atoms with E-state index in [1.165, 1.54) is 122 Å². The molecule has 0 aliphatic heterocycles. The van der Waals surface area contributed by atoms with Crippen molar-refractivity contribution in [3.63, 3.8) is 0 Å². The lowest BCUT2D eigenvalue weighted by atomic mass is 10.0. The average molecular weight is 1200 g/mol. The lowest BCUT2D eigenvalue weighted by Crippen LogP contribution is -2.47. The van der Waals surface area contributed by atoms with Gasteiger partial charge in [0.05, 0.1) is 33.8 Å². The maximum Gasteiger partial charge on any atom is 0.472 e. The maximum absolute atomic E-state index is 13.6. The SMILES string of the molecule is CC/C=C\C/C=C\C/C=C\C/C=C\C/C=C\C/C=C\CCCCCCCCCCC(=O)OC(/C=C\CCCCCCCCCCC)C(COP(=O)(O)OCC[N+](C)(C)C)NC(=O)CCCCCCCCCC/C=C\C/C=C\C/C=C\CCCCC. The van der Waals surface area contributed by atoms with Crippen molar-refractivity contribution in [2.75, 3.05) is 40.9 Å². The number of likely N-dealkylation sites (N-methyl/N-ethyl adjacent to an activating group) is 1. The Morgan fingerprint density at radius 1 is 0.424 bits per heavy atom. The summed E-state index contributed by atoms with van der Waals surface area (Å²) < 4.78 is 30.8. The van der Waals surface area contributed by atoms with E-state index in [-0.39, 0.29) is 31.5 Å². The third-order valence-corrected chi connectivity index (χ3v) is 15.9. The summed E-state index contributed by atoms with van der Waals surface area (Å²) in [6.45, 7) is 6.86. The maximum atomic E-state index is 13.6. The second-order valence-corrected chi connectivity index (χ2v) is 25.8. The molecule has 0 aliphatic carbocycles. The molecule has 9 nitrogen and oxygen atoms in total. The average Bonchev–Trinajstić information content (AvgIpc) is 3.59. The number of amides is 1. The number of allylic oxidation sites excluding steroid dienone is 19. The summed E-state index contributed by atoms with van der Waals surface area (Å²) in [6, 6.07) is -0.865. The number of nitrogens with one attached hydrogen (secondary N) is 1. The Balaban J connectivity index is 5.09. The van der Waals surface area contributed by atoms with Crippen molar-refractivity contribution < 1.29 is 37.3 Å². The van der Waals surface area contributed by atoms with Gasteiger partial charge in [0, 0.05) is 12.8 Å². The van der Waals surface area contributed by atoms with Gasteiger partial charge >= 0.3 is 13.8 Å². The molecule has 85 heavy (non-hydrogen) atoms. The Labute approximate surface area is 524 Å². The highest BCUT2D eigenvalue weighted by atomic mass is 31.2. The molecule has 3 atom stereocenters. The molecule has 0 saturated carbocycles. The van der Waals surface area contributed by atoms with E-state index in [1.807, 2.05) is 33.3 Å². The number of ether oxygens (including phenoxy) is 1. The number of carbonyl (C=O) groups excluding carboxylic acids is 2. The number of rotatable bonds is 62. The predicted octanol–water partition coefficient (Wildman–Crippen LogP) is 22.2. The van der Waals surface area contributed by atoms with Gasteiger partial charge < -0.3 is 19.4 Å². The van der Waals surface area contributed by atoms with Crippen molar-refractivity contribution in [2.45, 2.75) is 303 Å². The summed E-state index contributed by atoms with van der Waals surface area (Å²) in [5, 5.41) is 3.06. The fourth-order valence-electron chi connectivity index (χ4n) is 9.54. The fourth-order valence-corrected chi connectivity index (χ4v) is 10.3. The molecule has 0 heterocycles. The van der Waals surface area contributed by atoms with Crippen LogP contribution >= 0.6 is 7.82 Å². The monoisotopic (exact) mass is 1200 g/mol. The molecule has 0 bridgehead atoms. The standard InChI is InChI=1S/C75H131N2O7P/c1-7-10-13-16-19-22-25-27-29-31-33-35-36-37-38-39-40-42-44-46-48-50-53-56-59-62-65-68-75(79)84-73(66-63-60-57-54-51-24-21-18-15-12-9-3)72(71-83-85(80,81)82-70-69-77(4,5)6)76-74(78)67-64-61-58-55-52-49-47-45-43-41-34-32-30-28-26-23-20-17-14-11-8-2/h10,13,19-20,22-23,27-30,33-35,37-38,40-42,63,66,72-73H,7-9,11-12,14-18,21,24-26,31-32,36,39,43-62,64-65,67-71H2,1-6H3,(H-,76,78,80,81)/p+1/b13-10-,22-19-,23-20-,29-27-,30-28-,35-33-,38-37-,41-34-,42-40-,66-63-. The Hall–Kier alpha value is -3.59. The van der Waals surface area contributed by atoms with Gasteiger partial charge in [0.2, 0.25) is 5.91 Å². The quantitative estimate of drug-likeness (QED) is 0.0205. The summed E-state index contributed by atoms with van der Waals surface area (Å²) in [5.41, 5.74) is 0. The fraction of sp³-hybridized carbons (Fsp3) is 0.707. The molecule has 1 amide bonds. The van der Waals surface area contributed by atoms with Crippen molar-refractivity contribution in [2.24, 2.45) is 0 Å². The summed E-state index contributed by atoms with van der Waals surface area (Å²) in [7, 11) is 1.47. The van der Waals surface area contributed by atoms with Gasteiger partial charge in [-0.05, 0) is 122 Å². The first-order valence-electron chi connectivity index (χ1n) is 34.9. The Morgan fingerprint density at radius 2 is 0.753 bits per heavy atom. The summed E-state index contributed by atoms with van der Waals surface area (Å²) >= 11 is 0. The molecule has 3 unspecified atom stereocenters. The molecule has 0 rings (SSSR count). The van der Waals surface area contributed by atoms with Gasteiger partial charge in [-0.15, -0.1) is 0 Å². The number of carbonyl (C=O) groups is 2. The topological polar surface area (TPSA) is 111 Å². The first-order chi connectivity index (χ1) is 41.4. The van der Waals surface area contributed by atoms with Crippen LogP contribution in [0.2, 0.25) is 0 Å². The van der Waals surface area contributed by atoms with Crippen LogP contribution < -0.4 is 5.32 Å². The van der Waals surface area contributed by atoms with Crippen molar-refractivity contribution in [3.05, 3.63) is 122 Å². The van der Waals surface area contributed by atoms with Crippen LogP contribution in [0.4, 0.5) is 0 Å². The molecule has 10 heteroatoms. The van der Waals surface area contributed by atoms with Crippen LogP contribution in [0.1, 0.15) is 290 Å². The van der Waals surface area contributed by atoms with Crippen molar-refractivity contribution in [1.82, 2.24) is 5.32 Å². The molecule has 0 aliphatic rings. The first kappa shape index (κ1) is 81.4. The minimum atomic E-state index is -4.46. The van der Waals surface area contributed by atoms with E-state index >= 15 is 0 Å². The van der Waals surface area contributed by atoms with Gasteiger partial charge in [0.15, 0.2) is 0 Å². The predicted molar refractivity (Wildman–Crippen MR) is 369 cm³/mol. The summed E-state index contributed by atoms with van der Waals surface area (Å²) in [4.78, 5) is 37.9. The highest BCUT2D eigenvalue weighted by molar-refractivity contribution is 7.47. The molecule has 0 fully saturated rings. The zero-order valence-electron chi connectivity index (χ0n) is 55.8. The highest BCUT2D eigenvalue weighted by Gasteiger charge is 2.30. The summed E-state index contributed by atoms with van der Waals surface area (Å²) in [6.07, 6.45) is 89.2. The normalized spacial score (nSPS) is 14.3. The van der Waals surface area contributed by atoms with E-state index < -0.39 is 20.0 Å². The molecule has 0 saturated heterocycles. The lowest BCUT2D eigenvalue weighted by molar-refractivity contribution is -0.870. The molecule has 0 aromatic rings. The largest absolute Gasteiger partial charge is 0.472 e. The molecule has 0 aromatic heterocycles. The molecule has 0 spiro atoms. The van der Waals surface area contributed by atoms with Crippen molar-refractivity contribution in [3.8, 4) is 0 Å². The molecular formula is C75H132N2O7P+. The molecule has 0 aromatic carbocycles. The van der Waals surface area contributed by atoms with Gasteiger partial charge in [-0.2, -0.15) is 0 Å². The minimum absolute atomic E-state index is 0.0315. The third-order valence-electron chi connectivity index (χ3n) is 14.9. The number of phosphoric acid groups is 1. The van der Waals surface area contributed by atoms with Crippen LogP contribution in [-0.4, -0.2) is 74.3 Å². The van der Waals surface area contributed by atoms with Crippen LogP contribution in [0.15, 0.2) is 122 Å². The zero-order valence-corrected chi connectivity index (χ0v) is 56.7. The van der Waals surface area contributed by atoms with Gasteiger partial charge in [-0.3, -0.25) is 18.6 Å². The number of phosphoric ester groups is 1. The smallest absolute Gasteiger partial charge is 0.456 e. The van der Waals surface area contributed by atoms with E-state index in [2.05, 4.69) is 135 Å². The number of quaternary nitrogens is 1. The van der Waals surface area contributed by atoms with Crippen LogP contribution in [0.5, 0.6) is 0 Å². The van der Waals surface area contributed by atoms with Gasteiger partial charge in [0.1, 0.15) is 19.3 Å². The van der Waals surface area contributed by atoms with Crippen LogP contribution in [0, 0.1) is 0 Å². The summed E-state index contributed by atoms with van der Waals surface area (Å²) in [5.74, 6) is -0.526.